The van der Waals surface area contributed by atoms with Crippen molar-refractivity contribution in [1.29, 1.82) is 0 Å². The summed E-state index contributed by atoms with van der Waals surface area (Å²) in [5, 5.41) is 0. The molecule has 0 atom stereocenters. The van der Waals surface area contributed by atoms with E-state index < -0.39 is 0 Å². The predicted octanol–water partition coefficient (Wildman–Crippen LogP) is 4.04. The number of ether oxygens (including phenoxy) is 2. The van der Waals surface area contributed by atoms with Crippen LogP contribution in [0.2, 0.25) is 0 Å². The van der Waals surface area contributed by atoms with Crippen molar-refractivity contribution in [2.24, 2.45) is 0 Å². The number of pyridine rings is 1. The Morgan fingerprint density at radius 3 is 2.68 bits per heavy atom. The quantitative estimate of drug-likeness (QED) is 0.845. The smallest absolute Gasteiger partial charge is 0.263 e. The van der Waals surface area contributed by atoms with Crippen LogP contribution in [-0.4, -0.2) is 24.1 Å². The molecule has 1 saturated carbocycles. The Morgan fingerprint density at radius 1 is 1.16 bits per heavy atom. The van der Waals surface area contributed by atoms with Crippen molar-refractivity contribution in [2.75, 3.05) is 12.0 Å². The summed E-state index contributed by atoms with van der Waals surface area (Å²) in [5.41, 5.74) is 2.74. The van der Waals surface area contributed by atoms with Gasteiger partial charge in [0.1, 0.15) is 0 Å². The van der Waals surface area contributed by atoms with Crippen molar-refractivity contribution < 1.29 is 14.3 Å². The van der Waals surface area contributed by atoms with Gasteiger partial charge in [-0.2, -0.15) is 0 Å². The van der Waals surface area contributed by atoms with E-state index >= 15 is 0 Å². The molecule has 1 aromatic heterocycles. The number of rotatable bonds is 4. The molecular formula is C20H20N2O3. The molecule has 128 valence electrons. The minimum Gasteiger partial charge on any atom is -0.493 e. The lowest BCUT2D eigenvalue weighted by molar-refractivity contribution is 0.101. The molecule has 0 radical (unpaired) electrons. The summed E-state index contributed by atoms with van der Waals surface area (Å²) in [7, 11) is 1.62. The zero-order valence-corrected chi connectivity index (χ0v) is 14.2. The van der Waals surface area contributed by atoms with Gasteiger partial charge in [-0.15, -0.1) is 0 Å². The van der Waals surface area contributed by atoms with Crippen LogP contribution in [0.4, 0.5) is 5.69 Å². The molecule has 4 rings (SSSR count). The maximum Gasteiger partial charge on any atom is 0.263 e. The molecule has 1 amide bonds. The Balaban J connectivity index is 1.69. The third-order valence-corrected chi connectivity index (χ3v) is 4.84. The second kappa shape index (κ2) is 6.24. The normalized spacial score (nSPS) is 17.1. The highest BCUT2D eigenvalue weighted by Crippen LogP contribution is 2.40. The molecule has 0 unspecified atom stereocenters. The summed E-state index contributed by atoms with van der Waals surface area (Å²) in [6, 6.07) is 7.27. The fourth-order valence-electron chi connectivity index (χ4n) is 3.53. The Labute approximate surface area is 146 Å². The number of anilines is 1. The molecule has 1 aliphatic carbocycles. The third-order valence-electron chi connectivity index (χ3n) is 4.84. The van der Waals surface area contributed by atoms with Gasteiger partial charge in [0.2, 0.25) is 0 Å². The van der Waals surface area contributed by atoms with Gasteiger partial charge in [0.15, 0.2) is 11.5 Å². The van der Waals surface area contributed by atoms with Crippen molar-refractivity contribution in [3.8, 4) is 11.5 Å². The standard InChI is InChI=1S/C20H20N2O3/c1-13-17-12-21-10-9-16(17)20(23)22(13)14-7-8-18(24-2)19(11-14)25-15-5-3-4-6-15/h7-12,15H,1,3-6H2,2H3. The zero-order chi connectivity index (χ0) is 17.4. The molecule has 0 N–H and O–H groups in total. The van der Waals surface area contributed by atoms with Crippen LogP contribution in [0.5, 0.6) is 11.5 Å². The lowest BCUT2D eigenvalue weighted by atomic mass is 10.1. The number of methoxy groups -OCH3 is 1. The number of nitrogens with zero attached hydrogens (tertiary/aromatic N) is 2. The van der Waals surface area contributed by atoms with E-state index in [2.05, 4.69) is 11.6 Å². The Bertz CT molecular complexity index is 806. The van der Waals surface area contributed by atoms with Crippen LogP contribution in [-0.2, 0) is 0 Å². The van der Waals surface area contributed by atoms with E-state index in [1.807, 2.05) is 18.2 Å². The molecule has 5 nitrogen and oxygen atoms in total. The average Bonchev–Trinajstić information content (AvgIpc) is 3.23. The molecule has 2 aromatic rings. The van der Waals surface area contributed by atoms with Crippen LogP contribution in [0.1, 0.15) is 41.6 Å². The first-order valence-electron chi connectivity index (χ1n) is 8.51. The van der Waals surface area contributed by atoms with Crippen molar-refractivity contribution in [3.63, 3.8) is 0 Å². The van der Waals surface area contributed by atoms with Gasteiger partial charge >= 0.3 is 0 Å². The van der Waals surface area contributed by atoms with Crippen LogP contribution in [0.15, 0.2) is 43.2 Å². The molecule has 1 fully saturated rings. The van der Waals surface area contributed by atoms with E-state index in [1.165, 1.54) is 12.8 Å². The van der Waals surface area contributed by atoms with Crippen LogP contribution in [0.25, 0.3) is 5.70 Å². The van der Waals surface area contributed by atoms with Gasteiger partial charge in [-0.1, -0.05) is 6.58 Å². The van der Waals surface area contributed by atoms with E-state index in [0.717, 1.165) is 24.1 Å². The van der Waals surface area contributed by atoms with Gasteiger partial charge in [-0.05, 0) is 43.9 Å². The summed E-state index contributed by atoms with van der Waals surface area (Å²) >= 11 is 0. The number of carbonyl (C=O) groups is 1. The van der Waals surface area contributed by atoms with Crippen LogP contribution < -0.4 is 14.4 Å². The Morgan fingerprint density at radius 2 is 1.96 bits per heavy atom. The molecule has 1 aromatic carbocycles. The first kappa shape index (κ1) is 15.7. The third kappa shape index (κ3) is 2.65. The maximum absolute atomic E-state index is 12.8. The average molecular weight is 336 g/mol. The minimum atomic E-state index is -0.0978. The number of hydrogen-bond acceptors (Lipinski definition) is 4. The number of amides is 1. The van der Waals surface area contributed by atoms with Gasteiger partial charge in [-0.3, -0.25) is 14.7 Å². The largest absolute Gasteiger partial charge is 0.493 e. The van der Waals surface area contributed by atoms with Gasteiger partial charge in [0.25, 0.3) is 5.91 Å². The van der Waals surface area contributed by atoms with Crippen molar-refractivity contribution in [2.45, 2.75) is 31.8 Å². The highest BCUT2D eigenvalue weighted by molar-refractivity contribution is 6.21. The highest BCUT2D eigenvalue weighted by Gasteiger charge is 2.33. The molecule has 25 heavy (non-hydrogen) atoms. The number of benzene rings is 1. The zero-order valence-electron chi connectivity index (χ0n) is 14.2. The van der Waals surface area contributed by atoms with E-state index in [9.17, 15) is 4.79 Å². The molecule has 0 spiro atoms. The molecule has 0 saturated heterocycles. The number of aromatic nitrogens is 1. The molecule has 1 aliphatic heterocycles. The molecular weight excluding hydrogens is 316 g/mol. The fraction of sp³-hybridized carbons (Fsp3) is 0.300. The van der Waals surface area contributed by atoms with E-state index in [1.54, 1.807) is 30.5 Å². The molecule has 2 aliphatic rings. The first-order valence-corrected chi connectivity index (χ1v) is 8.51. The van der Waals surface area contributed by atoms with Gasteiger partial charge in [0.05, 0.1) is 30.2 Å². The van der Waals surface area contributed by atoms with Gasteiger partial charge in [-0.25, -0.2) is 0 Å². The van der Waals surface area contributed by atoms with Crippen molar-refractivity contribution in [1.82, 2.24) is 4.98 Å². The highest BCUT2D eigenvalue weighted by atomic mass is 16.5. The summed E-state index contributed by atoms with van der Waals surface area (Å²) in [6.45, 7) is 4.07. The summed E-state index contributed by atoms with van der Waals surface area (Å²) in [5.74, 6) is 1.24. The van der Waals surface area contributed by atoms with Gasteiger partial charge < -0.3 is 9.47 Å². The lowest BCUT2D eigenvalue weighted by Gasteiger charge is -2.21. The fourth-order valence-corrected chi connectivity index (χ4v) is 3.53. The van der Waals surface area contributed by atoms with E-state index in [0.29, 0.717) is 22.8 Å². The maximum atomic E-state index is 12.8. The molecule has 2 heterocycles. The Kier molecular flexibility index (Phi) is 3.92. The predicted molar refractivity (Wildman–Crippen MR) is 96.0 cm³/mol. The number of carbonyl (C=O) groups excluding carboxylic acids is 1. The summed E-state index contributed by atoms with van der Waals surface area (Å²) < 4.78 is 11.6. The monoisotopic (exact) mass is 336 g/mol. The minimum absolute atomic E-state index is 0.0978. The van der Waals surface area contributed by atoms with Crippen LogP contribution in [0, 0.1) is 0 Å². The summed E-state index contributed by atoms with van der Waals surface area (Å²) in [6.07, 6.45) is 8.00. The molecule has 0 bridgehead atoms. The second-order valence-electron chi connectivity index (χ2n) is 6.37. The number of fused-ring (bicyclic) bond motifs is 1. The van der Waals surface area contributed by atoms with Crippen molar-refractivity contribution in [3.05, 3.63) is 54.4 Å². The Hall–Kier alpha value is -2.82. The van der Waals surface area contributed by atoms with Gasteiger partial charge in [0, 0.05) is 24.0 Å². The van der Waals surface area contributed by atoms with Crippen molar-refractivity contribution >= 4 is 17.3 Å². The molecule has 5 heteroatoms. The lowest BCUT2D eigenvalue weighted by Crippen LogP contribution is -2.22. The topological polar surface area (TPSA) is 51.7 Å². The SMILES string of the molecule is C=C1c2cnccc2C(=O)N1c1ccc(OC)c(OC2CCCC2)c1. The number of hydrogen-bond donors (Lipinski definition) is 0. The van der Waals surface area contributed by atoms with Crippen LogP contribution in [0.3, 0.4) is 0 Å². The van der Waals surface area contributed by atoms with E-state index in [-0.39, 0.29) is 12.0 Å². The summed E-state index contributed by atoms with van der Waals surface area (Å²) in [4.78, 5) is 18.5. The van der Waals surface area contributed by atoms with Crippen LogP contribution >= 0.6 is 0 Å². The second-order valence-corrected chi connectivity index (χ2v) is 6.37. The van der Waals surface area contributed by atoms with E-state index in [4.69, 9.17) is 9.47 Å². The first-order chi connectivity index (χ1) is 12.2.